The molecule has 0 aliphatic heterocycles. The third-order valence-corrected chi connectivity index (χ3v) is 7.45. The number of halogens is 1. The van der Waals surface area contributed by atoms with Crippen LogP contribution in [0.15, 0.2) is 48.8 Å². The summed E-state index contributed by atoms with van der Waals surface area (Å²) in [6, 6.07) is 11.8. The molecule has 2 heterocycles. The Balaban J connectivity index is 1.75. The van der Waals surface area contributed by atoms with Crippen molar-refractivity contribution in [3.63, 3.8) is 0 Å². The van der Waals surface area contributed by atoms with Crippen LogP contribution in [0.2, 0.25) is 5.02 Å². The fourth-order valence-electron chi connectivity index (χ4n) is 3.53. The zero-order chi connectivity index (χ0) is 24.6. The molecule has 2 aromatic heterocycles. The molecular formula is C23H21ClN2O6S2. The highest BCUT2D eigenvalue weighted by Crippen LogP contribution is 2.39. The molecule has 1 unspecified atom stereocenters. The van der Waals surface area contributed by atoms with Gasteiger partial charge in [-0.3, -0.25) is 4.57 Å². The van der Waals surface area contributed by atoms with E-state index in [9.17, 15) is 18.3 Å². The number of hydrogen-bond donors (Lipinski definition) is 1. The summed E-state index contributed by atoms with van der Waals surface area (Å²) in [5.74, 6) is -0.443. The van der Waals surface area contributed by atoms with Gasteiger partial charge in [-0.2, -0.15) is 0 Å². The molecule has 0 aliphatic rings. The number of carbonyl (C=O) groups is 1. The van der Waals surface area contributed by atoms with Crippen LogP contribution in [-0.2, 0) is 20.3 Å². The van der Waals surface area contributed by atoms with Crippen LogP contribution < -0.4 is 4.74 Å². The van der Waals surface area contributed by atoms with Crippen molar-refractivity contribution < 1.29 is 27.8 Å². The molecule has 4 rings (SSSR count). The maximum atomic E-state index is 12.5. The lowest BCUT2D eigenvalue weighted by atomic mass is 10.1. The van der Waals surface area contributed by atoms with Gasteiger partial charge in [-0.1, -0.05) is 29.8 Å². The first-order valence-corrected chi connectivity index (χ1v) is 13.3. The Kier molecular flexibility index (Phi) is 6.57. The van der Waals surface area contributed by atoms with E-state index in [1.54, 1.807) is 54.2 Å². The minimum atomic E-state index is -3.21. The van der Waals surface area contributed by atoms with Crippen LogP contribution in [0.5, 0.6) is 11.5 Å². The first kappa shape index (κ1) is 24.1. The molecule has 2 aromatic carbocycles. The highest BCUT2D eigenvalue weighted by molar-refractivity contribution is 7.89. The molecule has 4 aromatic rings. The lowest BCUT2D eigenvalue weighted by Crippen LogP contribution is -2.07. The van der Waals surface area contributed by atoms with Crippen LogP contribution in [0.1, 0.15) is 33.8 Å². The molecule has 0 amide bonds. The van der Waals surface area contributed by atoms with Crippen LogP contribution in [0.4, 0.5) is 0 Å². The van der Waals surface area contributed by atoms with Crippen LogP contribution >= 0.6 is 22.9 Å². The highest BCUT2D eigenvalue weighted by atomic mass is 35.5. The molecular weight excluding hydrogens is 500 g/mol. The molecule has 0 aliphatic carbocycles. The summed E-state index contributed by atoms with van der Waals surface area (Å²) in [4.78, 5) is 17.1. The van der Waals surface area contributed by atoms with Crippen molar-refractivity contribution in [2.75, 3.05) is 13.4 Å². The maximum Gasteiger partial charge on any atom is 0.351 e. The highest BCUT2D eigenvalue weighted by Gasteiger charge is 2.23. The standard InChI is InChI=1S/C23H21ClN2O6S2/c1-13(15-5-4-6-18(27)21(15)24)32-19-10-20(33-22(19)23(28)31-2)26-12-25-16-8-7-14(9-17(16)26)11-34(3,29)30/h4-10,12-13,27H,11H2,1-3H3. The minimum Gasteiger partial charge on any atom is -0.506 e. The number of sulfone groups is 1. The van der Waals surface area contributed by atoms with Crippen molar-refractivity contribution >= 4 is 49.8 Å². The van der Waals surface area contributed by atoms with Gasteiger partial charge in [-0.25, -0.2) is 18.2 Å². The molecule has 0 radical (unpaired) electrons. The number of benzene rings is 2. The van der Waals surface area contributed by atoms with Crippen LogP contribution in [-0.4, -0.2) is 42.4 Å². The van der Waals surface area contributed by atoms with Crippen molar-refractivity contribution in [1.82, 2.24) is 9.55 Å². The average Bonchev–Trinajstić information content (AvgIpc) is 3.37. The maximum absolute atomic E-state index is 12.5. The SMILES string of the molecule is COC(=O)c1sc(-n2cnc3ccc(CS(C)(=O)=O)cc32)cc1OC(C)c1cccc(O)c1Cl. The quantitative estimate of drug-likeness (QED) is 0.345. The molecule has 1 N–H and O–H groups in total. The van der Waals surface area contributed by atoms with E-state index in [-0.39, 0.29) is 27.2 Å². The normalized spacial score (nSPS) is 12.6. The third kappa shape index (κ3) is 4.89. The first-order chi connectivity index (χ1) is 16.1. The second-order valence-corrected chi connectivity index (χ2v) is 11.3. The van der Waals surface area contributed by atoms with E-state index >= 15 is 0 Å². The van der Waals surface area contributed by atoms with E-state index in [4.69, 9.17) is 21.1 Å². The lowest BCUT2D eigenvalue weighted by molar-refractivity contribution is 0.0600. The number of carbonyl (C=O) groups excluding carboxylic acids is 1. The predicted molar refractivity (Wildman–Crippen MR) is 131 cm³/mol. The van der Waals surface area contributed by atoms with Gasteiger partial charge in [0.1, 0.15) is 28.9 Å². The zero-order valence-electron chi connectivity index (χ0n) is 18.5. The van der Waals surface area contributed by atoms with Crippen molar-refractivity contribution in [3.05, 3.63) is 69.8 Å². The lowest BCUT2D eigenvalue weighted by Gasteiger charge is -2.16. The van der Waals surface area contributed by atoms with E-state index in [2.05, 4.69) is 4.98 Å². The molecule has 11 heteroatoms. The monoisotopic (exact) mass is 520 g/mol. The molecule has 178 valence electrons. The molecule has 0 bridgehead atoms. The number of ether oxygens (including phenoxy) is 2. The number of fused-ring (bicyclic) bond motifs is 1. The predicted octanol–water partition coefficient (Wildman–Crippen LogP) is 4.92. The zero-order valence-corrected chi connectivity index (χ0v) is 20.9. The number of thiophene rings is 1. The van der Waals surface area contributed by atoms with E-state index in [1.165, 1.54) is 19.4 Å². The van der Waals surface area contributed by atoms with Crippen molar-refractivity contribution in [2.24, 2.45) is 0 Å². The summed E-state index contributed by atoms with van der Waals surface area (Å²) in [5, 5.41) is 10.7. The summed E-state index contributed by atoms with van der Waals surface area (Å²) in [6.07, 6.45) is 2.20. The minimum absolute atomic E-state index is 0.0661. The van der Waals surface area contributed by atoms with Gasteiger partial charge in [0.2, 0.25) is 0 Å². The third-order valence-electron chi connectivity index (χ3n) is 5.08. The van der Waals surface area contributed by atoms with E-state index in [0.717, 1.165) is 11.3 Å². The number of imidazole rings is 1. The Morgan fingerprint density at radius 2 is 2.03 bits per heavy atom. The second kappa shape index (κ2) is 9.28. The molecule has 34 heavy (non-hydrogen) atoms. The summed E-state index contributed by atoms with van der Waals surface area (Å²) in [5.41, 5.74) is 2.55. The Labute approximate surface area is 205 Å². The van der Waals surface area contributed by atoms with Gasteiger partial charge in [-0.05, 0) is 30.7 Å². The molecule has 1 atom stereocenters. The van der Waals surface area contributed by atoms with E-state index < -0.39 is 21.9 Å². The number of aromatic hydroxyl groups is 1. The Morgan fingerprint density at radius 1 is 1.26 bits per heavy atom. The molecule has 0 saturated carbocycles. The number of esters is 1. The molecule has 8 nitrogen and oxygen atoms in total. The van der Waals surface area contributed by atoms with Gasteiger partial charge in [0.25, 0.3) is 0 Å². The van der Waals surface area contributed by atoms with Gasteiger partial charge in [-0.15, -0.1) is 11.3 Å². The number of rotatable bonds is 7. The molecule has 0 saturated heterocycles. The Bertz CT molecular complexity index is 1490. The fourth-order valence-corrected chi connectivity index (χ4v) is 5.59. The molecule has 0 fully saturated rings. The smallest absolute Gasteiger partial charge is 0.351 e. The number of phenols is 1. The fraction of sp³-hybridized carbons (Fsp3) is 0.217. The van der Waals surface area contributed by atoms with Crippen LogP contribution in [0.25, 0.3) is 16.0 Å². The van der Waals surface area contributed by atoms with Crippen molar-refractivity contribution in [1.29, 1.82) is 0 Å². The summed E-state index contributed by atoms with van der Waals surface area (Å²) in [6.45, 7) is 1.75. The summed E-state index contributed by atoms with van der Waals surface area (Å²) in [7, 11) is -1.92. The number of phenolic OH excluding ortho intramolecular Hbond substituents is 1. The van der Waals surface area contributed by atoms with Gasteiger partial charge in [0.15, 0.2) is 14.7 Å². The summed E-state index contributed by atoms with van der Waals surface area (Å²) < 4.78 is 36.2. The largest absolute Gasteiger partial charge is 0.506 e. The van der Waals surface area contributed by atoms with Gasteiger partial charge < -0.3 is 14.6 Å². The summed E-state index contributed by atoms with van der Waals surface area (Å²) >= 11 is 7.37. The number of methoxy groups -OCH3 is 1. The van der Waals surface area contributed by atoms with Gasteiger partial charge in [0.05, 0.1) is 28.9 Å². The van der Waals surface area contributed by atoms with Crippen molar-refractivity contribution in [2.45, 2.75) is 18.8 Å². The number of hydrogen-bond acceptors (Lipinski definition) is 8. The number of nitrogens with zero attached hydrogens (tertiary/aromatic N) is 2. The van der Waals surface area contributed by atoms with Crippen LogP contribution in [0, 0.1) is 0 Å². The van der Waals surface area contributed by atoms with Gasteiger partial charge in [0, 0.05) is 17.9 Å². The van der Waals surface area contributed by atoms with Gasteiger partial charge >= 0.3 is 5.97 Å². The van der Waals surface area contributed by atoms with E-state index in [0.29, 0.717) is 27.2 Å². The Hall–Kier alpha value is -3.08. The molecule has 0 spiro atoms. The first-order valence-electron chi connectivity index (χ1n) is 10.1. The second-order valence-electron chi connectivity index (χ2n) is 7.72. The topological polar surface area (TPSA) is 108 Å². The Morgan fingerprint density at radius 3 is 2.74 bits per heavy atom. The van der Waals surface area contributed by atoms with E-state index in [1.807, 2.05) is 0 Å². The van der Waals surface area contributed by atoms with Crippen molar-refractivity contribution in [3.8, 4) is 16.5 Å². The average molecular weight is 521 g/mol. The number of aromatic nitrogens is 2. The van der Waals surface area contributed by atoms with Crippen LogP contribution in [0.3, 0.4) is 0 Å².